The number of primary amides is 1. The molecule has 0 saturated carbocycles. The van der Waals surface area contributed by atoms with E-state index in [9.17, 15) is 48.6 Å². The number of aromatic hydroxyl groups is 1. The summed E-state index contributed by atoms with van der Waals surface area (Å²) in [6.45, 7) is 7.60. The molecule has 0 saturated heterocycles. The van der Waals surface area contributed by atoms with Gasteiger partial charge in [0.1, 0.15) is 17.8 Å². The summed E-state index contributed by atoms with van der Waals surface area (Å²) in [5, 5.41) is 35.3. The number of nitrogens with zero attached hydrogens (tertiary/aromatic N) is 1. The van der Waals surface area contributed by atoms with Crippen LogP contribution in [-0.2, 0) is 44.8 Å². The Morgan fingerprint density at radius 1 is 0.689 bits per heavy atom. The summed E-state index contributed by atoms with van der Waals surface area (Å²) in [4.78, 5) is 109. The van der Waals surface area contributed by atoms with Crippen LogP contribution in [0.3, 0.4) is 0 Å². The number of hydrogen-bond donors (Lipinski definition) is 11. The molecule has 0 aliphatic carbocycles. The van der Waals surface area contributed by atoms with Gasteiger partial charge in [0.15, 0.2) is 5.96 Å². The number of aliphatic hydroxyl groups is 1. The molecule has 334 valence electrons. The third kappa shape index (κ3) is 19.3. The monoisotopic (exact) mass is 918 g/mol. The molecule has 20 nitrogen and oxygen atoms in total. The summed E-state index contributed by atoms with van der Waals surface area (Å²) in [7, 11) is 0. The Kier molecular flexibility index (Phi) is 21.4. The quantitative estimate of drug-likeness (QED) is 0.0203. The second-order valence-corrected chi connectivity index (χ2v) is 17.0. The third-order valence-corrected chi connectivity index (χ3v) is 10.8. The second-order valence-electron chi connectivity index (χ2n) is 14.7. The maximum absolute atomic E-state index is 14.0. The molecule has 61 heavy (non-hydrogen) atoms. The number of carbonyl (C=O) groups excluding carboxylic acids is 8. The van der Waals surface area contributed by atoms with Crippen LogP contribution in [0.1, 0.15) is 65.9 Å². The van der Waals surface area contributed by atoms with Gasteiger partial charge in [-0.2, -0.15) is 0 Å². The number of aliphatic imine (C=N–C) groups is 1. The Morgan fingerprint density at radius 2 is 1.25 bits per heavy atom. The molecule has 0 spiro atoms. The molecule has 0 bridgehead atoms. The molecule has 0 aromatic heterocycles. The molecular weight excluding hydrogens is 859 g/mol. The second kappa shape index (κ2) is 25.5. The molecular formula is C40H58N10O10Se. The minimum atomic E-state index is -1.61. The van der Waals surface area contributed by atoms with E-state index in [2.05, 4.69) is 36.9 Å². The fraction of sp³-hybridized carbons (Fsp3) is 0.475. The number of guanidine groups is 1. The zero-order valence-electron chi connectivity index (χ0n) is 34.8. The van der Waals surface area contributed by atoms with E-state index in [-0.39, 0.29) is 49.9 Å². The average molecular weight is 918 g/mol. The van der Waals surface area contributed by atoms with E-state index < -0.39 is 110 Å². The number of rotatable bonds is 25. The Bertz CT molecular complexity index is 1860. The molecule has 2 aromatic rings. The summed E-state index contributed by atoms with van der Waals surface area (Å²) in [5.41, 5.74) is 16.8. The summed E-state index contributed by atoms with van der Waals surface area (Å²) in [5.74, 6) is -5.95. The Hall–Kier alpha value is -6.05. The minimum absolute atomic E-state index is 0.0131. The SMILES string of the molecule is CC(=O)N[C@@H](CC(C)C)C(=O)N[C@@H](Cc1ccc(O)cc1)C(=O)N[C@@H](CCCN=C(N)N)C(=O)N[C@@H](C)C(=O)N[C@@H](CC(N)=O)C(=O)N[C@H](C(=O)[Se]c1ccccc1)[C@@H](C)O. The van der Waals surface area contributed by atoms with Gasteiger partial charge in [0, 0.05) is 19.9 Å². The molecule has 2 rings (SSSR count). The molecule has 0 heterocycles. The Balaban J connectivity index is 2.32. The van der Waals surface area contributed by atoms with E-state index in [0.29, 0.717) is 10.0 Å². The van der Waals surface area contributed by atoms with Crippen molar-refractivity contribution in [1.29, 1.82) is 0 Å². The van der Waals surface area contributed by atoms with Crippen LogP contribution in [0.4, 0.5) is 0 Å². The third-order valence-electron chi connectivity index (χ3n) is 8.77. The molecule has 0 fully saturated rings. The van der Waals surface area contributed by atoms with Crippen LogP contribution in [-0.4, -0.2) is 126 Å². The molecule has 21 heteroatoms. The molecule has 14 N–H and O–H groups in total. The zero-order chi connectivity index (χ0) is 45.8. The Labute approximate surface area is 360 Å². The van der Waals surface area contributed by atoms with Crippen LogP contribution in [0.15, 0.2) is 59.6 Å². The van der Waals surface area contributed by atoms with Crippen LogP contribution in [0.25, 0.3) is 0 Å². The Morgan fingerprint density at radius 3 is 1.80 bits per heavy atom. The van der Waals surface area contributed by atoms with Gasteiger partial charge in [-0.25, -0.2) is 0 Å². The van der Waals surface area contributed by atoms with E-state index in [1.807, 2.05) is 13.8 Å². The van der Waals surface area contributed by atoms with Crippen molar-refractivity contribution in [3.63, 3.8) is 0 Å². The van der Waals surface area contributed by atoms with Crippen molar-refractivity contribution in [2.45, 2.75) is 109 Å². The normalized spacial score (nSPS) is 14.3. The van der Waals surface area contributed by atoms with Gasteiger partial charge in [0.05, 0.1) is 0 Å². The van der Waals surface area contributed by atoms with Crippen LogP contribution in [0.2, 0.25) is 0 Å². The number of benzene rings is 2. The van der Waals surface area contributed by atoms with E-state index in [0.717, 1.165) is 0 Å². The van der Waals surface area contributed by atoms with Gasteiger partial charge < -0.3 is 27.2 Å². The number of phenols is 1. The number of nitrogens with one attached hydrogen (secondary N) is 6. The first-order chi connectivity index (χ1) is 28.7. The topological polar surface area (TPSA) is 340 Å². The van der Waals surface area contributed by atoms with Gasteiger partial charge in [-0.15, -0.1) is 0 Å². The predicted octanol–water partition coefficient (Wildman–Crippen LogP) is -3.20. The van der Waals surface area contributed by atoms with Gasteiger partial charge in [-0.05, 0) is 36.5 Å². The molecule has 7 atom stereocenters. The predicted molar refractivity (Wildman–Crippen MR) is 226 cm³/mol. The van der Waals surface area contributed by atoms with Gasteiger partial charge >= 0.3 is 191 Å². The molecule has 0 unspecified atom stereocenters. The van der Waals surface area contributed by atoms with Gasteiger partial charge in [0.25, 0.3) is 0 Å². The van der Waals surface area contributed by atoms with Crippen molar-refractivity contribution in [3.05, 3.63) is 60.2 Å². The van der Waals surface area contributed by atoms with Crippen LogP contribution < -0.4 is 53.6 Å². The van der Waals surface area contributed by atoms with Crippen molar-refractivity contribution in [1.82, 2.24) is 31.9 Å². The summed E-state index contributed by atoms with van der Waals surface area (Å²) in [6.07, 6.45) is -1.76. The zero-order valence-corrected chi connectivity index (χ0v) is 36.5. The van der Waals surface area contributed by atoms with Crippen molar-refractivity contribution < 1.29 is 48.6 Å². The molecule has 7 amide bonds. The number of carbonyl (C=O) groups is 8. The average Bonchev–Trinajstić information content (AvgIpc) is 3.17. The van der Waals surface area contributed by atoms with E-state index in [1.54, 1.807) is 42.5 Å². The summed E-state index contributed by atoms with van der Waals surface area (Å²) in [6, 6.07) is 6.55. The fourth-order valence-corrected chi connectivity index (χ4v) is 7.63. The van der Waals surface area contributed by atoms with Crippen molar-refractivity contribution in [2.24, 2.45) is 28.1 Å². The van der Waals surface area contributed by atoms with Gasteiger partial charge in [-0.3, -0.25) is 19.4 Å². The van der Waals surface area contributed by atoms with E-state index in [1.165, 1.54) is 32.9 Å². The maximum atomic E-state index is 14.0. The molecule has 0 radical (unpaired) electrons. The van der Waals surface area contributed by atoms with Crippen molar-refractivity contribution in [2.75, 3.05) is 6.54 Å². The van der Waals surface area contributed by atoms with Crippen LogP contribution >= 0.6 is 0 Å². The van der Waals surface area contributed by atoms with E-state index in [4.69, 9.17) is 17.2 Å². The fourth-order valence-electron chi connectivity index (χ4n) is 5.73. The summed E-state index contributed by atoms with van der Waals surface area (Å²) < 4.78 is 0.208. The van der Waals surface area contributed by atoms with E-state index >= 15 is 0 Å². The summed E-state index contributed by atoms with van der Waals surface area (Å²) >= 11 is -0.799. The number of aliphatic hydroxyl groups excluding tert-OH is 1. The number of hydrogen-bond acceptors (Lipinski definition) is 11. The standard InChI is InChI=1S/C40H58N10O10Se/c1-21(2)18-29(46-24(5)52)36(57)49-30(19-25-13-15-26(53)16-14-25)37(58)47-28(12-9-17-44-40(42)43)35(56)45-22(3)34(55)48-31(20-32(41)54)38(59)50-33(23(4)51)39(60)61-27-10-7-6-8-11-27/h6-8,10-11,13-16,21-23,28-31,33,51,53H,9,12,17-20H2,1-5H3,(H2,41,54)(H,45,56)(H,46,52)(H,47,58)(H,48,55)(H,49,57)(H,50,59)(H4,42,43,44)/t22-,23+,28-,29-,30-,31-,33-/m0/s1. The van der Waals surface area contributed by atoms with Crippen molar-refractivity contribution >= 4 is 71.4 Å². The molecule has 2 aromatic carbocycles. The van der Waals surface area contributed by atoms with Crippen LogP contribution in [0.5, 0.6) is 5.75 Å². The molecule has 0 aliphatic heterocycles. The van der Waals surface area contributed by atoms with Crippen LogP contribution in [0, 0.1) is 5.92 Å². The number of phenolic OH excluding ortho intramolecular Hbond substituents is 1. The first-order valence-corrected chi connectivity index (χ1v) is 21.2. The first kappa shape index (κ1) is 51.1. The molecule has 0 aliphatic rings. The number of nitrogens with two attached hydrogens (primary N) is 3. The van der Waals surface area contributed by atoms with Gasteiger partial charge in [0.2, 0.25) is 17.7 Å². The van der Waals surface area contributed by atoms with Gasteiger partial charge in [-0.1, -0.05) is 26.0 Å². The number of amides is 7. The van der Waals surface area contributed by atoms with Crippen molar-refractivity contribution in [3.8, 4) is 5.75 Å². The first-order valence-electron chi connectivity index (χ1n) is 19.5.